The third-order valence-electron chi connectivity index (χ3n) is 6.83. The van der Waals surface area contributed by atoms with Crippen molar-refractivity contribution in [3.8, 4) is 5.75 Å². The van der Waals surface area contributed by atoms with Gasteiger partial charge in [0.1, 0.15) is 24.2 Å². The SMILES string of the molecule is Cc1cn([C@H]2C[C@H](N=[N+]=[N-])[C@@H](C(O)C(=O)CCCCCCCCCCOc3ccc(I)cc3)O2)c(=O)[nH]c1=O. The van der Waals surface area contributed by atoms with Crippen LogP contribution >= 0.6 is 22.6 Å². The molecule has 1 aliphatic heterocycles. The van der Waals surface area contributed by atoms with Crippen LogP contribution in [0.2, 0.25) is 0 Å². The normalized spacial score (nSPS) is 19.4. The number of benzene rings is 1. The van der Waals surface area contributed by atoms with Gasteiger partial charge in [-0.2, -0.15) is 0 Å². The number of aromatic amines is 1. The molecule has 0 aliphatic carbocycles. The summed E-state index contributed by atoms with van der Waals surface area (Å²) in [4.78, 5) is 41.5. The van der Waals surface area contributed by atoms with E-state index >= 15 is 0 Å². The third-order valence-corrected chi connectivity index (χ3v) is 7.55. The number of hydrogen-bond acceptors (Lipinski definition) is 7. The molecule has 2 N–H and O–H groups in total. The van der Waals surface area contributed by atoms with Gasteiger partial charge in [0.2, 0.25) is 0 Å². The molecule has 2 heterocycles. The standard InChI is InChI=1S/C27H36IN5O6/c1-18-17-33(27(37)30-26(18)36)23-16-21(31-32-29)25(39-23)24(35)22(34)10-8-6-4-2-3-5-7-9-15-38-20-13-11-19(28)12-14-20/h11-14,17,21,23-25,35H,2-10,15-16H2,1H3,(H,30,36,37)/t21-,23+,24?,25-/m0/s1. The summed E-state index contributed by atoms with van der Waals surface area (Å²) in [5, 5.41) is 14.3. The average molecular weight is 654 g/mol. The number of halogens is 1. The molecular weight excluding hydrogens is 617 g/mol. The number of aliphatic hydroxyl groups is 1. The fourth-order valence-electron chi connectivity index (χ4n) is 4.63. The van der Waals surface area contributed by atoms with Crippen LogP contribution in [0.15, 0.2) is 45.2 Å². The summed E-state index contributed by atoms with van der Waals surface area (Å²) in [5.41, 5.74) is 8.06. The van der Waals surface area contributed by atoms with Crippen LogP contribution in [0.4, 0.5) is 0 Å². The number of Topliss-reactive ketones (excluding diaryl/α,β-unsaturated/α-hetero) is 1. The highest BCUT2D eigenvalue weighted by atomic mass is 127. The zero-order chi connectivity index (χ0) is 28.2. The zero-order valence-electron chi connectivity index (χ0n) is 22.1. The Morgan fingerprint density at radius 2 is 1.82 bits per heavy atom. The number of aryl methyl sites for hydroxylation is 1. The van der Waals surface area contributed by atoms with Crippen molar-refractivity contribution >= 4 is 28.4 Å². The number of H-pyrrole nitrogens is 1. The lowest BCUT2D eigenvalue weighted by atomic mass is 9.98. The second-order valence-electron chi connectivity index (χ2n) is 9.83. The van der Waals surface area contributed by atoms with Gasteiger partial charge in [-0.05, 0) is 72.2 Å². The van der Waals surface area contributed by atoms with E-state index in [4.69, 9.17) is 15.0 Å². The Kier molecular flexibility index (Phi) is 12.5. The topological polar surface area (TPSA) is 159 Å². The molecule has 1 unspecified atom stereocenters. The van der Waals surface area contributed by atoms with Crippen molar-refractivity contribution < 1.29 is 19.4 Å². The molecule has 1 saturated heterocycles. The number of azide groups is 1. The van der Waals surface area contributed by atoms with Crippen molar-refractivity contribution in [3.05, 3.63) is 70.9 Å². The minimum atomic E-state index is -1.47. The molecule has 11 nitrogen and oxygen atoms in total. The minimum Gasteiger partial charge on any atom is -0.494 e. The lowest BCUT2D eigenvalue weighted by molar-refractivity contribution is -0.137. The number of aromatic nitrogens is 2. The molecule has 1 aromatic carbocycles. The second kappa shape index (κ2) is 15.8. The van der Waals surface area contributed by atoms with Crippen LogP contribution in [-0.2, 0) is 9.53 Å². The first kappa shape index (κ1) is 30.9. The van der Waals surface area contributed by atoms with E-state index in [1.165, 1.54) is 14.3 Å². The molecular formula is C27H36IN5O6. The van der Waals surface area contributed by atoms with E-state index in [0.717, 1.165) is 57.3 Å². The Morgan fingerprint density at radius 3 is 2.49 bits per heavy atom. The number of ketones is 1. The van der Waals surface area contributed by atoms with Crippen molar-refractivity contribution in [3.63, 3.8) is 0 Å². The highest BCUT2D eigenvalue weighted by Crippen LogP contribution is 2.32. The molecule has 1 aromatic heterocycles. The van der Waals surface area contributed by atoms with Crippen LogP contribution in [0, 0.1) is 10.5 Å². The first-order chi connectivity index (χ1) is 18.8. The molecule has 4 atom stereocenters. The third kappa shape index (κ3) is 9.48. The second-order valence-corrected chi connectivity index (χ2v) is 11.1. The smallest absolute Gasteiger partial charge is 0.330 e. The number of carbonyl (C=O) groups excluding carboxylic acids is 1. The summed E-state index contributed by atoms with van der Waals surface area (Å²) < 4.78 is 13.9. The summed E-state index contributed by atoms with van der Waals surface area (Å²) in [5.74, 6) is 0.527. The monoisotopic (exact) mass is 653 g/mol. The number of hydrogen-bond donors (Lipinski definition) is 2. The number of nitrogens with zero attached hydrogens (tertiary/aromatic N) is 4. The molecule has 0 saturated carbocycles. The highest BCUT2D eigenvalue weighted by Gasteiger charge is 2.42. The van der Waals surface area contributed by atoms with Crippen LogP contribution in [0.1, 0.15) is 76.0 Å². The number of nitrogens with one attached hydrogen (secondary N) is 1. The molecule has 1 fully saturated rings. The lowest BCUT2D eigenvalue weighted by Crippen LogP contribution is -2.39. The molecule has 0 bridgehead atoms. The van der Waals surface area contributed by atoms with Crippen molar-refractivity contribution in [2.75, 3.05) is 6.61 Å². The van der Waals surface area contributed by atoms with E-state index in [1.807, 2.05) is 24.3 Å². The van der Waals surface area contributed by atoms with Gasteiger partial charge in [0.25, 0.3) is 5.56 Å². The van der Waals surface area contributed by atoms with Crippen molar-refractivity contribution in [1.29, 1.82) is 0 Å². The molecule has 2 aromatic rings. The van der Waals surface area contributed by atoms with Crippen LogP contribution in [0.5, 0.6) is 5.75 Å². The zero-order valence-corrected chi connectivity index (χ0v) is 24.3. The first-order valence-electron chi connectivity index (χ1n) is 13.4. The van der Waals surface area contributed by atoms with Crippen molar-refractivity contribution in [2.45, 2.75) is 95.6 Å². The van der Waals surface area contributed by atoms with Gasteiger partial charge in [-0.15, -0.1) is 0 Å². The van der Waals surface area contributed by atoms with E-state index in [0.29, 0.717) is 12.0 Å². The number of rotatable bonds is 16. The molecule has 39 heavy (non-hydrogen) atoms. The molecule has 3 rings (SSSR count). The van der Waals surface area contributed by atoms with Crippen LogP contribution < -0.4 is 16.0 Å². The van der Waals surface area contributed by atoms with Crippen LogP contribution in [0.25, 0.3) is 10.4 Å². The van der Waals surface area contributed by atoms with Gasteiger partial charge < -0.3 is 14.6 Å². The van der Waals surface area contributed by atoms with Gasteiger partial charge in [0.15, 0.2) is 5.78 Å². The Morgan fingerprint density at radius 1 is 1.18 bits per heavy atom. The highest BCUT2D eigenvalue weighted by molar-refractivity contribution is 14.1. The molecule has 0 amide bonds. The number of carbonyl (C=O) groups is 1. The predicted molar refractivity (Wildman–Crippen MR) is 155 cm³/mol. The van der Waals surface area contributed by atoms with Crippen LogP contribution in [-0.4, -0.2) is 45.3 Å². The maximum absolute atomic E-state index is 12.7. The van der Waals surface area contributed by atoms with E-state index in [9.17, 15) is 19.5 Å². The van der Waals surface area contributed by atoms with Gasteiger partial charge in [-0.1, -0.05) is 43.6 Å². The maximum Gasteiger partial charge on any atom is 0.330 e. The van der Waals surface area contributed by atoms with Gasteiger partial charge >= 0.3 is 5.69 Å². The van der Waals surface area contributed by atoms with Gasteiger partial charge in [-0.25, -0.2) is 4.79 Å². The quantitative estimate of drug-likeness (QED) is 0.0859. The van der Waals surface area contributed by atoms with Gasteiger partial charge in [0, 0.05) is 33.1 Å². The molecule has 0 spiro atoms. The molecule has 12 heteroatoms. The average Bonchev–Trinajstić information content (AvgIpc) is 3.33. The van der Waals surface area contributed by atoms with E-state index in [-0.39, 0.29) is 18.6 Å². The summed E-state index contributed by atoms with van der Waals surface area (Å²) in [6, 6.07) is 7.21. The predicted octanol–water partition coefficient (Wildman–Crippen LogP) is 4.94. The Labute approximate surface area is 240 Å². The number of ether oxygens (including phenoxy) is 2. The van der Waals surface area contributed by atoms with Gasteiger partial charge in [0.05, 0.1) is 12.6 Å². The van der Waals surface area contributed by atoms with E-state index in [1.54, 1.807) is 6.92 Å². The van der Waals surface area contributed by atoms with E-state index in [2.05, 4.69) is 37.6 Å². The van der Waals surface area contributed by atoms with Gasteiger partial charge in [-0.3, -0.25) is 19.1 Å². The Hall–Kier alpha value is -2.67. The summed E-state index contributed by atoms with van der Waals surface area (Å²) in [6.45, 7) is 2.27. The molecule has 0 radical (unpaired) electrons. The first-order valence-corrected chi connectivity index (χ1v) is 14.5. The minimum absolute atomic E-state index is 0.0995. The summed E-state index contributed by atoms with van der Waals surface area (Å²) in [6.07, 6.45) is 6.32. The number of unbranched alkanes of at least 4 members (excludes halogenated alkanes) is 7. The number of aliphatic hydroxyl groups excluding tert-OH is 1. The summed E-state index contributed by atoms with van der Waals surface area (Å²) in [7, 11) is 0. The largest absolute Gasteiger partial charge is 0.494 e. The van der Waals surface area contributed by atoms with E-state index < -0.39 is 35.7 Å². The maximum atomic E-state index is 12.7. The van der Waals surface area contributed by atoms with Crippen molar-refractivity contribution in [1.82, 2.24) is 9.55 Å². The lowest BCUT2D eigenvalue weighted by Gasteiger charge is -2.21. The fraction of sp³-hybridized carbons (Fsp3) is 0.593. The molecule has 212 valence electrons. The summed E-state index contributed by atoms with van der Waals surface area (Å²) >= 11 is 2.27. The van der Waals surface area contributed by atoms with Crippen molar-refractivity contribution in [2.24, 2.45) is 5.11 Å². The van der Waals surface area contributed by atoms with Crippen LogP contribution in [0.3, 0.4) is 0 Å². The Balaban J connectivity index is 1.32. The molecule has 1 aliphatic rings. The fourth-order valence-corrected chi connectivity index (χ4v) is 4.99. The Bertz CT molecular complexity index is 1240.